The molecule has 5 rings (SSSR count). The van der Waals surface area contributed by atoms with Gasteiger partial charge in [0.1, 0.15) is 11.4 Å². The molecule has 2 saturated heterocycles. The number of carbonyl (C=O) groups excluding carboxylic acids is 1. The summed E-state index contributed by atoms with van der Waals surface area (Å²) in [6.07, 6.45) is 3.59. The first-order chi connectivity index (χ1) is 13.6. The zero-order valence-electron chi connectivity index (χ0n) is 15.9. The average molecular weight is 385 g/mol. The molecule has 1 N–H and O–H groups in total. The van der Waals surface area contributed by atoms with Crippen LogP contribution in [-0.2, 0) is 4.74 Å². The van der Waals surface area contributed by atoms with Gasteiger partial charge in [0.2, 0.25) is 5.43 Å². The lowest BCUT2D eigenvalue weighted by Gasteiger charge is -2.22. The number of anilines is 1. The van der Waals surface area contributed by atoms with Gasteiger partial charge in [0.05, 0.1) is 17.8 Å². The molecule has 2 aromatic rings. The van der Waals surface area contributed by atoms with Gasteiger partial charge in [-0.3, -0.25) is 4.79 Å². The van der Waals surface area contributed by atoms with Gasteiger partial charge in [-0.2, -0.15) is 0 Å². The highest BCUT2D eigenvalue weighted by Crippen LogP contribution is 2.39. The van der Waals surface area contributed by atoms with E-state index in [1.54, 1.807) is 19.2 Å². The minimum atomic E-state index is -0.645. The van der Waals surface area contributed by atoms with Gasteiger partial charge in [-0.05, 0) is 43.7 Å². The maximum absolute atomic E-state index is 15.0. The van der Waals surface area contributed by atoms with Gasteiger partial charge in [-0.1, -0.05) is 0 Å². The molecule has 0 bridgehead atoms. The molecule has 2 aliphatic heterocycles. The van der Waals surface area contributed by atoms with Gasteiger partial charge in [-0.15, -0.1) is 0 Å². The third-order valence-electron chi connectivity index (χ3n) is 6.27. The molecule has 2 unspecified atom stereocenters. The number of pyridine rings is 1. The minimum Gasteiger partial charge on any atom is -0.462 e. The zero-order chi connectivity index (χ0) is 19.4. The Bertz CT molecular complexity index is 1000. The molecule has 3 heterocycles. The highest BCUT2D eigenvalue weighted by atomic mass is 19.1. The van der Waals surface area contributed by atoms with Gasteiger partial charge in [0.25, 0.3) is 0 Å². The summed E-state index contributed by atoms with van der Waals surface area (Å²) in [5.74, 6) is 0.0489. The Hall–Kier alpha value is -2.41. The SMILES string of the molecule is CCOC(=O)c1cn(C2CC2)c2cc(N3CC4CNCC4C3)c(F)cc2c1=O. The molecule has 6 nitrogen and oxygen atoms in total. The first-order valence-electron chi connectivity index (χ1n) is 10.1. The number of aromatic nitrogens is 1. The Morgan fingerprint density at radius 1 is 1.25 bits per heavy atom. The van der Waals surface area contributed by atoms with Crippen LogP contribution in [0, 0.1) is 17.7 Å². The lowest BCUT2D eigenvalue weighted by Crippen LogP contribution is -2.27. The summed E-state index contributed by atoms with van der Waals surface area (Å²) in [7, 11) is 0. The number of rotatable bonds is 4. The summed E-state index contributed by atoms with van der Waals surface area (Å²) in [6, 6.07) is 3.35. The van der Waals surface area contributed by atoms with Crippen molar-refractivity contribution in [2.75, 3.05) is 37.7 Å². The van der Waals surface area contributed by atoms with E-state index >= 15 is 4.39 Å². The predicted molar refractivity (Wildman–Crippen MR) is 104 cm³/mol. The lowest BCUT2D eigenvalue weighted by molar-refractivity contribution is 0.0524. The number of ether oxygens (including phenoxy) is 1. The molecule has 1 aromatic heterocycles. The number of nitrogens with one attached hydrogen (secondary N) is 1. The Morgan fingerprint density at radius 2 is 1.96 bits per heavy atom. The van der Waals surface area contributed by atoms with E-state index < -0.39 is 17.2 Å². The fourth-order valence-electron chi connectivity index (χ4n) is 4.66. The van der Waals surface area contributed by atoms with Crippen LogP contribution in [0.15, 0.2) is 23.1 Å². The van der Waals surface area contributed by atoms with Crippen molar-refractivity contribution in [3.63, 3.8) is 0 Å². The van der Waals surface area contributed by atoms with Gasteiger partial charge in [0, 0.05) is 43.8 Å². The Morgan fingerprint density at radius 3 is 2.61 bits per heavy atom. The Balaban J connectivity index is 1.63. The second kappa shape index (κ2) is 6.58. The molecule has 0 spiro atoms. The minimum absolute atomic E-state index is 0.0184. The summed E-state index contributed by atoms with van der Waals surface area (Å²) in [4.78, 5) is 27.2. The molecular formula is C21H24FN3O3. The molecule has 1 aromatic carbocycles. The molecule has 3 aliphatic rings. The number of halogens is 1. The van der Waals surface area contributed by atoms with Crippen LogP contribution >= 0.6 is 0 Å². The number of hydrogen-bond acceptors (Lipinski definition) is 5. The maximum atomic E-state index is 15.0. The lowest BCUT2D eigenvalue weighted by atomic mass is 10.0. The number of hydrogen-bond donors (Lipinski definition) is 1. The van der Waals surface area contributed by atoms with Crippen molar-refractivity contribution in [2.24, 2.45) is 11.8 Å². The van der Waals surface area contributed by atoms with Gasteiger partial charge >= 0.3 is 5.97 Å². The number of benzene rings is 1. The molecule has 148 valence electrons. The van der Waals surface area contributed by atoms with E-state index in [0.717, 1.165) is 39.0 Å². The summed E-state index contributed by atoms with van der Waals surface area (Å²) >= 11 is 0. The third kappa shape index (κ3) is 2.80. The fourth-order valence-corrected chi connectivity index (χ4v) is 4.66. The number of esters is 1. The second-order valence-corrected chi connectivity index (χ2v) is 8.13. The van der Waals surface area contributed by atoms with Crippen LogP contribution in [0.5, 0.6) is 0 Å². The van der Waals surface area contributed by atoms with Crippen LogP contribution in [-0.4, -0.2) is 43.3 Å². The molecule has 0 radical (unpaired) electrons. The van der Waals surface area contributed by atoms with Crippen molar-refractivity contribution in [3.8, 4) is 0 Å². The Labute approximate surface area is 162 Å². The average Bonchev–Trinajstić information content (AvgIpc) is 3.28. The highest BCUT2D eigenvalue weighted by Gasteiger charge is 2.37. The standard InChI is InChI=1S/C21H24FN3O3/c1-2-28-21(27)16-11-25(14-3-4-14)18-6-19(17(22)5-15(18)20(16)26)24-9-12-7-23-8-13(12)10-24/h5-6,11-14,23H,2-4,7-10H2,1H3. The van der Waals surface area contributed by atoms with Crippen molar-refractivity contribution < 1.29 is 13.9 Å². The monoisotopic (exact) mass is 385 g/mol. The second-order valence-electron chi connectivity index (χ2n) is 8.13. The number of carbonyl (C=O) groups is 1. The van der Waals surface area contributed by atoms with Crippen LogP contribution in [0.1, 0.15) is 36.2 Å². The topological polar surface area (TPSA) is 63.6 Å². The largest absolute Gasteiger partial charge is 0.462 e. The van der Waals surface area contributed by atoms with Crippen molar-refractivity contribution in [3.05, 3.63) is 39.9 Å². The van der Waals surface area contributed by atoms with Crippen molar-refractivity contribution in [1.82, 2.24) is 9.88 Å². The van der Waals surface area contributed by atoms with Crippen molar-refractivity contribution in [1.29, 1.82) is 0 Å². The molecule has 2 atom stereocenters. The van der Waals surface area contributed by atoms with E-state index in [1.165, 1.54) is 6.07 Å². The van der Waals surface area contributed by atoms with Crippen LogP contribution < -0.4 is 15.6 Å². The summed E-state index contributed by atoms with van der Waals surface area (Å²) in [6.45, 7) is 5.51. The maximum Gasteiger partial charge on any atom is 0.343 e. The van der Waals surface area contributed by atoms with Crippen LogP contribution in [0.3, 0.4) is 0 Å². The van der Waals surface area contributed by atoms with E-state index in [9.17, 15) is 9.59 Å². The predicted octanol–water partition coefficient (Wildman–Crippen LogP) is 2.31. The van der Waals surface area contributed by atoms with Crippen LogP contribution in [0.2, 0.25) is 0 Å². The molecule has 28 heavy (non-hydrogen) atoms. The normalized spacial score (nSPS) is 24.0. The van der Waals surface area contributed by atoms with Crippen molar-refractivity contribution >= 4 is 22.6 Å². The molecule has 7 heteroatoms. The van der Waals surface area contributed by atoms with E-state index in [4.69, 9.17) is 4.74 Å². The molecule has 1 aliphatic carbocycles. The number of fused-ring (bicyclic) bond motifs is 2. The van der Waals surface area contributed by atoms with Gasteiger partial charge in [-0.25, -0.2) is 9.18 Å². The quantitative estimate of drug-likeness (QED) is 0.819. The molecule has 1 saturated carbocycles. The van der Waals surface area contributed by atoms with E-state index in [0.29, 0.717) is 23.0 Å². The van der Waals surface area contributed by atoms with Gasteiger partial charge in [0.15, 0.2) is 0 Å². The third-order valence-corrected chi connectivity index (χ3v) is 6.27. The first-order valence-corrected chi connectivity index (χ1v) is 10.1. The molecule has 0 amide bonds. The zero-order valence-corrected chi connectivity index (χ0v) is 15.9. The summed E-state index contributed by atoms with van der Waals surface area (Å²) in [5, 5.41) is 3.65. The van der Waals surface area contributed by atoms with Crippen molar-refractivity contribution in [2.45, 2.75) is 25.8 Å². The smallest absolute Gasteiger partial charge is 0.343 e. The van der Waals surface area contributed by atoms with Crippen LogP contribution in [0.25, 0.3) is 10.9 Å². The first kappa shape index (κ1) is 17.7. The Kier molecular flexibility index (Phi) is 4.16. The van der Waals surface area contributed by atoms with Crippen LogP contribution in [0.4, 0.5) is 10.1 Å². The van der Waals surface area contributed by atoms with E-state index in [2.05, 4.69) is 10.2 Å². The van der Waals surface area contributed by atoms with E-state index in [-0.39, 0.29) is 23.6 Å². The van der Waals surface area contributed by atoms with Gasteiger partial charge < -0.3 is 19.5 Å². The number of nitrogens with zero attached hydrogens (tertiary/aromatic N) is 2. The molecule has 3 fully saturated rings. The van der Waals surface area contributed by atoms with E-state index in [1.807, 2.05) is 4.57 Å². The summed E-state index contributed by atoms with van der Waals surface area (Å²) < 4.78 is 22.0. The molecular weight excluding hydrogens is 361 g/mol. The highest BCUT2D eigenvalue weighted by molar-refractivity contribution is 5.94. The summed E-state index contributed by atoms with van der Waals surface area (Å²) in [5.41, 5.74) is 0.778. The fraction of sp³-hybridized carbons (Fsp3) is 0.524.